The molecule has 0 amide bonds. The number of aryl methyl sites for hydroxylation is 2. The fourth-order valence-electron chi connectivity index (χ4n) is 1.56. The van der Waals surface area contributed by atoms with Crippen LogP contribution in [0.2, 0.25) is 0 Å². The smallest absolute Gasteiger partial charge is 0.130 e. The molecule has 12 heavy (non-hydrogen) atoms. The fraction of sp³-hybridized carbons (Fsp3) is 0.400. The summed E-state index contributed by atoms with van der Waals surface area (Å²) in [6.07, 6.45) is 1.04. The number of hydrogen-bond donors (Lipinski definition) is 0. The maximum absolute atomic E-state index is 4.36. The summed E-state index contributed by atoms with van der Waals surface area (Å²) in [5.74, 6) is 0. The monoisotopic (exact) mass is 160 g/mol. The van der Waals surface area contributed by atoms with Crippen LogP contribution in [0.1, 0.15) is 18.1 Å². The number of fused-ring (bicyclic) bond motifs is 1. The van der Waals surface area contributed by atoms with Crippen LogP contribution in [0.25, 0.3) is 0 Å². The largest absolute Gasteiger partial charge is 0.259 e. The molecule has 0 saturated carbocycles. The van der Waals surface area contributed by atoms with Crippen LogP contribution in [-0.2, 0) is 6.42 Å². The van der Waals surface area contributed by atoms with E-state index in [0.29, 0.717) is 6.67 Å². The fourth-order valence-corrected chi connectivity index (χ4v) is 1.56. The van der Waals surface area contributed by atoms with Crippen molar-refractivity contribution in [2.75, 3.05) is 6.67 Å². The van der Waals surface area contributed by atoms with Gasteiger partial charge < -0.3 is 0 Å². The molecule has 2 rings (SSSR count). The Kier molecular flexibility index (Phi) is 1.68. The predicted molar refractivity (Wildman–Crippen MR) is 47.7 cm³/mol. The second-order valence-electron chi connectivity index (χ2n) is 3.05. The van der Waals surface area contributed by atoms with Crippen molar-refractivity contribution in [2.24, 2.45) is 9.98 Å². The van der Waals surface area contributed by atoms with Gasteiger partial charge in [-0.3, -0.25) is 9.98 Å². The first-order chi connectivity index (χ1) is 5.83. The average molecular weight is 160 g/mol. The van der Waals surface area contributed by atoms with Crippen molar-refractivity contribution in [3.05, 3.63) is 34.0 Å². The van der Waals surface area contributed by atoms with E-state index < -0.39 is 0 Å². The lowest BCUT2D eigenvalue weighted by Crippen LogP contribution is -2.28. The summed E-state index contributed by atoms with van der Waals surface area (Å²) >= 11 is 0. The van der Waals surface area contributed by atoms with E-state index in [9.17, 15) is 0 Å². The standard InChI is InChI=1S/C10H12N2/c1-3-8-5-4-7(2)9-10(8)12-6-11-9/h4-5H,3,6H2,1-2H3. The van der Waals surface area contributed by atoms with Crippen molar-refractivity contribution in [1.82, 2.24) is 0 Å². The summed E-state index contributed by atoms with van der Waals surface area (Å²) in [7, 11) is 0. The van der Waals surface area contributed by atoms with Crippen molar-refractivity contribution >= 4 is 0 Å². The van der Waals surface area contributed by atoms with Gasteiger partial charge in [-0.15, -0.1) is 0 Å². The molecule has 1 heterocycles. The SMILES string of the molecule is CCc1ccc(C)c2c1=NCN=2. The van der Waals surface area contributed by atoms with Crippen LogP contribution in [0.15, 0.2) is 22.1 Å². The first-order valence-electron chi connectivity index (χ1n) is 4.30. The second kappa shape index (κ2) is 2.70. The Balaban J connectivity index is 2.84. The van der Waals surface area contributed by atoms with E-state index in [1.54, 1.807) is 0 Å². The minimum atomic E-state index is 0.618. The van der Waals surface area contributed by atoms with Crippen molar-refractivity contribution < 1.29 is 0 Å². The lowest BCUT2D eigenvalue weighted by Gasteiger charge is -1.96. The summed E-state index contributed by atoms with van der Waals surface area (Å²) in [6.45, 7) is 4.86. The quantitative estimate of drug-likeness (QED) is 0.579. The Morgan fingerprint density at radius 1 is 1.25 bits per heavy atom. The number of nitrogens with zero attached hydrogens (tertiary/aromatic N) is 2. The Morgan fingerprint density at radius 2 is 2.00 bits per heavy atom. The van der Waals surface area contributed by atoms with E-state index in [4.69, 9.17) is 0 Å². The highest BCUT2D eigenvalue weighted by Crippen LogP contribution is 1.95. The zero-order valence-corrected chi connectivity index (χ0v) is 7.46. The van der Waals surface area contributed by atoms with Crippen LogP contribution >= 0.6 is 0 Å². The molecule has 0 spiro atoms. The van der Waals surface area contributed by atoms with Crippen molar-refractivity contribution in [3.8, 4) is 0 Å². The lowest BCUT2D eigenvalue weighted by atomic mass is 10.1. The summed E-state index contributed by atoms with van der Waals surface area (Å²) < 4.78 is 0. The Morgan fingerprint density at radius 3 is 2.75 bits per heavy atom. The van der Waals surface area contributed by atoms with Crippen molar-refractivity contribution in [2.45, 2.75) is 20.3 Å². The van der Waals surface area contributed by atoms with Gasteiger partial charge in [-0.2, -0.15) is 0 Å². The first-order valence-corrected chi connectivity index (χ1v) is 4.30. The van der Waals surface area contributed by atoms with Crippen LogP contribution < -0.4 is 10.7 Å². The maximum Gasteiger partial charge on any atom is 0.130 e. The molecule has 2 heteroatoms. The van der Waals surface area contributed by atoms with Crippen LogP contribution in [-0.4, -0.2) is 6.67 Å². The van der Waals surface area contributed by atoms with Gasteiger partial charge in [-0.1, -0.05) is 19.1 Å². The molecule has 1 aromatic rings. The van der Waals surface area contributed by atoms with E-state index in [0.717, 1.165) is 17.1 Å². The third-order valence-electron chi connectivity index (χ3n) is 2.28. The number of benzene rings is 1. The molecule has 0 fully saturated rings. The van der Waals surface area contributed by atoms with Crippen LogP contribution in [0.4, 0.5) is 0 Å². The van der Waals surface area contributed by atoms with Gasteiger partial charge in [-0.25, -0.2) is 0 Å². The van der Waals surface area contributed by atoms with Crippen LogP contribution in [0.5, 0.6) is 0 Å². The molecule has 0 aliphatic carbocycles. The molecular weight excluding hydrogens is 148 g/mol. The van der Waals surface area contributed by atoms with Crippen LogP contribution in [0, 0.1) is 6.92 Å². The Hall–Kier alpha value is -1.18. The molecular formula is C10H12N2. The van der Waals surface area contributed by atoms with Gasteiger partial charge in [0.2, 0.25) is 0 Å². The normalized spacial score (nSPS) is 13.5. The average Bonchev–Trinajstić information content (AvgIpc) is 2.54. The number of hydrogen-bond acceptors (Lipinski definition) is 2. The first kappa shape index (κ1) is 7.47. The molecule has 1 aromatic carbocycles. The van der Waals surface area contributed by atoms with Crippen LogP contribution in [0.3, 0.4) is 0 Å². The molecule has 0 bridgehead atoms. The van der Waals surface area contributed by atoms with E-state index in [1.165, 1.54) is 11.1 Å². The van der Waals surface area contributed by atoms with Gasteiger partial charge >= 0.3 is 0 Å². The zero-order chi connectivity index (χ0) is 8.55. The minimum Gasteiger partial charge on any atom is -0.259 e. The van der Waals surface area contributed by atoms with E-state index in [1.807, 2.05) is 0 Å². The van der Waals surface area contributed by atoms with Gasteiger partial charge in [0.05, 0.1) is 10.7 Å². The second-order valence-corrected chi connectivity index (χ2v) is 3.05. The molecule has 1 aliphatic rings. The minimum absolute atomic E-state index is 0.618. The van der Waals surface area contributed by atoms with Crippen molar-refractivity contribution in [1.29, 1.82) is 0 Å². The molecule has 0 aromatic heterocycles. The molecule has 2 nitrogen and oxygen atoms in total. The lowest BCUT2D eigenvalue weighted by molar-refractivity contribution is 1.04. The molecule has 62 valence electrons. The zero-order valence-electron chi connectivity index (χ0n) is 7.46. The molecule has 0 N–H and O–H groups in total. The highest BCUT2D eigenvalue weighted by molar-refractivity contribution is 5.22. The van der Waals surface area contributed by atoms with Gasteiger partial charge in [-0.05, 0) is 24.5 Å². The Bertz CT molecular complexity index is 418. The summed E-state index contributed by atoms with van der Waals surface area (Å²) in [5, 5.41) is 2.23. The summed E-state index contributed by atoms with van der Waals surface area (Å²) in [6, 6.07) is 4.28. The predicted octanol–water partition coefficient (Wildman–Crippen LogP) is 0.768. The van der Waals surface area contributed by atoms with E-state index in [-0.39, 0.29) is 0 Å². The van der Waals surface area contributed by atoms with Gasteiger partial charge in [0.15, 0.2) is 0 Å². The molecule has 0 atom stereocenters. The number of rotatable bonds is 1. The molecule has 0 unspecified atom stereocenters. The molecule has 0 saturated heterocycles. The summed E-state index contributed by atoms with van der Waals surface area (Å²) in [5.41, 5.74) is 2.56. The van der Waals surface area contributed by atoms with E-state index >= 15 is 0 Å². The Labute approximate surface area is 71.7 Å². The highest BCUT2D eigenvalue weighted by atomic mass is 15.0. The highest BCUT2D eigenvalue weighted by Gasteiger charge is 2.03. The van der Waals surface area contributed by atoms with E-state index in [2.05, 4.69) is 36.0 Å². The summed E-state index contributed by atoms with van der Waals surface area (Å²) in [4.78, 5) is 8.70. The molecule has 0 radical (unpaired) electrons. The van der Waals surface area contributed by atoms with Gasteiger partial charge in [0, 0.05) is 0 Å². The van der Waals surface area contributed by atoms with Gasteiger partial charge in [0.25, 0.3) is 0 Å². The van der Waals surface area contributed by atoms with Crippen molar-refractivity contribution in [3.63, 3.8) is 0 Å². The molecule has 1 aliphatic heterocycles. The van der Waals surface area contributed by atoms with Gasteiger partial charge in [0.1, 0.15) is 6.67 Å². The third-order valence-corrected chi connectivity index (χ3v) is 2.28. The third kappa shape index (κ3) is 0.951. The topological polar surface area (TPSA) is 24.7 Å². The maximum atomic E-state index is 4.36.